The molecule has 3 aromatic carbocycles. The molecule has 0 fully saturated rings. The van der Waals surface area contributed by atoms with E-state index >= 15 is 0 Å². The average molecular weight is 400 g/mol. The van der Waals surface area contributed by atoms with Crippen molar-refractivity contribution in [1.82, 2.24) is 0 Å². The van der Waals surface area contributed by atoms with Crippen LogP contribution in [0.25, 0.3) is 0 Å². The number of hydrogen-bond acceptors (Lipinski definition) is 8. The van der Waals surface area contributed by atoms with Crippen molar-refractivity contribution in [2.75, 3.05) is 11.5 Å². The summed E-state index contributed by atoms with van der Waals surface area (Å²) in [4.78, 5) is 26.5. The molecule has 3 aromatic rings. The van der Waals surface area contributed by atoms with Crippen LogP contribution in [0.5, 0.6) is 0 Å². The number of rotatable bonds is 6. The molecule has 0 heterocycles. The molecule has 150 valence electrons. The monoisotopic (exact) mass is 400 g/mol. The minimum atomic E-state index is -0.435. The second kappa shape index (κ2) is 8.70. The first-order chi connectivity index (χ1) is 14.5. The van der Waals surface area contributed by atoms with E-state index < -0.39 is 5.78 Å². The molecule has 0 bridgehead atoms. The first-order valence-corrected chi connectivity index (χ1v) is 8.90. The van der Waals surface area contributed by atoms with Gasteiger partial charge in [0.2, 0.25) is 0 Å². The van der Waals surface area contributed by atoms with Crippen molar-refractivity contribution in [2.45, 2.75) is 0 Å². The summed E-state index contributed by atoms with van der Waals surface area (Å²) < 4.78 is 0. The number of carbonyl (C=O) groups is 2. The third kappa shape index (κ3) is 4.02. The molecule has 30 heavy (non-hydrogen) atoms. The number of hydrazone groups is 2. The van der Waals surface area contributed by atoms with Gasteiger partial charge in [0.1, 0.15) is 0 Å². The van der Waals surface area contributed by atoms with Gasteiger partial charge in [0, 0.05) is 16.7 Å². The lowest BCUT2D eigenvalue weighted by Crippen LogP contribution is -2.15. The second-order valence-corrected chi connectivity index (χ2v) is 6.46. The van der Waals surface area contributed by atoms with Gasteiger partial charge >= 0.3 is 0 Å². The molecule has 8 heteroatoms. The second-order valence-electron chi connectivity index (χ2n) is 6.46. The number of hydrogen-bond donors (Lipinski definition) is 4. The molecule has 0 amide bonds. The number of nitrogen functional groups attached to an aromatic ring is 2. The van der Waals surface area contributed by atoms with Gasteiger partial charge in [-0.15, -0.1) is 0 Å². The number of nitrogens with two attached hydrogens (primary N) is 4. The molecule has 8 N–H and O–H groups in total. The van der Waals surface area contributed by atoms with Gasteiger partial charge in [0.05, 0.1) is 29.4 Å². The van der Waals surface area contributed by atoms with Crippen LogP contribution in [0.4, 0.5) is 11.4 Å². The highest BCUT2D eigenvalue weighted by Crippen LogP contribution is 2.28. The SMILES string of the molecule is NN=Cc1cccc(C(=O)c2ccc(N)c(N)c2C(=O)c2cccc(C=NN)c2)c1. The van der Waals surface area contributed by atoms with Gasteiger partial charge in [0.25, 0.3) is 0 Å². The van der Waals surface area contributed by atoms with Crippen LogP contribution in [0, 0.1) is 0 Å². The van der Waals surface area contributed by atoms with Crippen LogP contribution in [-0.2, 0) is 0 Å². The number of benzene rings is 3. The number of carbonyl (C=O) groups excluding carboxylic acids is 2. The van der Waals surface area contributed by atoms with E-state index in [0.717, 1.165) is 0 Å². The Labute approximate surface area is 172 Å². The predicted molar refractivity (Wildman–Crippen MR) is 119 cm³/mol. The van der Waals surface area contributed by atoms with Gasteiger partial charge in [-0.25, -0.2) is 0 Å². The lowest BCUT2D eigenvalue weighted by Gasteiger charge is -2.13. The van der Waals surface area contributed by atoms with Gasteiger partial charge in [-0.05, 0) is 35.4 Å². The summed E-state index contributed by atoms with van der Waals surface area (Å²) >= 11 is 0. The lowest BCUT2D eigenvalue weighted by molar-refractivity contribution is 0.100. The van der Waals surface area contributed by atoms with Crippen molar-refractivity contribution in [2.24, 2.45) is 21.9 Å². The summed E-state index contributed by atoms with van der Waals surface area (Å²) in [6.45, 7) is 0. The van der Waals surface area contributed by atoms with E-state index in [1.54, 1.807) is 48.5 Å². The Kier molecular flexibility index (Phi) is 5.88. The van der Waals surface area contributed by atoms with Gasteiger partial charge < -0.3 is 23.2 Å². The zero-order valence-corrected chi connectivity index (χ0v) is 15.9. The Hall–Kier alpha value is -4.46. The molecule has 0 radical (unpaired) electrons. The summed E-state index contributed by atoms with van der Waals surface area (Å²) in [5.41, 5.74) is 14.5. The maximum atomic E-state index is 13.3. The van der Waals surface area contributed by atoms with E-state index in [1.807, 2.05) is 0 Å². The Morgan fingerprint density at radius 1 is 0.733 bits per heavy atom. The van der Waals surface area contributed by atoms with Crippen LogP contribution >= 0.6 is 0 Å². The molecule has 0 aliphatic carbocycles. The molecule has 8 nitrogen and oxygen atoms in total. The van der Waals surface area contributed by atoms with Crippen LogP contribution in [0.15, 0.2) is 70.9 Å². The van der Waals surface area contributed by atoms with Gasteiger partial charge in [-0.3, -0.25) is 9.59 Å². The molecule has 0 aliphatic heterocycles. The van der Waals surface area contributed by atoms with Crippen molar-refractivity contribution >= 4 is 35.4 Å². The van der Waals surface area contributed by atoms with Crippen molar-refractivity contribution in [3.8, 4) is 0 Å². The quantitative estimate of drug-likeness (QED) is 0.162. The Morgan fingerprint density at radius 2 is 1.27 bits per heavy atom. The number of nitrogens with zero attached hydrogens (tertiary/aromatic N) is 2. The van der Waals surface area contributed by atoms with Crippen LogP contribution in [0.2, 0.25) is 0 Å². The van der Waals surface area contributed by atoms with Crippen molar-refractivity contribution < 1.29 is 9.59 Å². The molecular formula is C22H20N6O2. The van der Waals surface area contributed by atoms with Crippen LogP contribution in [0.3, 0.4) is 0 Å². The number of anilines is 2. The highest BCUT2D eigenvalue weighted by molar-refractivity contribution is 6.23. The maximum Gasteiger partial charge on any atom is 0.195 e. The largest absolute Gasteiger partial charge is 0.397 e. The van der Waals surface area contributed by atoms with E-state index in [2.05, 4.69) is 10.2 Å². The van der Waals surface area contributed by atoms with Crippen LogP contribution in [-0.4, -0.2) is 24.0 Å². The van der Waals surface area contributed by atoms with Gasteiger partial charge in [-0.1, -0.05) is 36.4 Å². The van der Waals surface area contributed by atoms with Gasteiger partial charge in [-0.2, -0.15) is 10.2 Å². The summed E-state index contributed by atoms with van der Waals surface area (Å²) in [5, 5.41) is 6.93. The molecule has 0 aromatic heterocycles. The summed E-state index contributed by atoms with van der Waals surface area (Å²) in [6, 6.07) is 16.4. The smallest absolute Gasteiger partial charge is 0.195 e. The number of ketones is 2. The standard InChI is InChI=1S/C22H20N6O2/c23-18-8-7-17(21(29)15-5-1-3-13(9-15)11-27-25)19(20(18)24)22(30)16-6-2-4-14(10-16)12-28-26/h1-12H,23-26H2. The third-order valence-electron chi connectivity index (χ3n) is 4.50. The van der Waals surface area contributed by atoms with Gasteiger partial charge in [0.15, 0.2) is 11.6 Å². The van der Waals surface area contributed by atoms with Crippen molar-refractivity contribution in [3.05, 3.63) is 94.0 Å². The average Bonchev–Trinajstić information content (AvgIpc) is 2.75. The Bertz CT molecular complexity index is 1180. The van der Waals surface area contributed by atoms with Crippen molar-refractivity contribution in [1.29, 1.82) is 0 Å². The summed E-state index contributed by atoms with van der Waals surface area (Å²) in [6.07, 6.45) is 2.83. The van der Waals surface area contributed by atoms with E-state index in [9.17, 15) is 9.59 Å². The lowest BCUT2D eigenvalue weighted by atomic mass is 9.90. The van der Waals surface area contributed by atoms with Crippen molar-refractivity contribution in [3.63, 3.8) is 0 Å². The minimum Gasteiger partial charge on any atom is -0.397 e. The minimum absolute atomic E-state index is 0.0414. The zero-order chi connectivity index (χ0) is 21.7. The fraction of sp³-hybridized carbons (Fsp3) is 0. The first-order valence-electron chi connectivity index (χ1n) is 8.90. The third-order valence-corrected chi connectivity index (χ3v) is 4.50. The predicted octanol–water partition coefficient (Wildman–Crippen LogP) is 1.90. The normalized spacial score (nSPS) is 11.2. The maximum absolute atomic E-state index is 13.3. The fourth-order valence-corrected chi connectivity index (χ4v) is 3.06. The molecule has 0 saturated heterocycles. The molecular weight excluding hydrogens is 380 g/mol. The molecule has 0 spiro atoms. The first kappa shape index (κ1) is 20.3. The van der Waals surface area contributed by atoms with E-state index in [0.29, 0.717) is 22.3 Å². The van der Waals surface area contributed by atoms with Crippen LogP contribution in [0.1, 0.15) is 43.0 Å². The highest BCUT2D eigenvalue weighted by Gasteiger charge is 2.24. The van der Waals surface area contributed by atoms with E-state index in [-0.39, 0.29) is 28.3 Å². The molecule has 0 atom stereocenters. The van der Waals surface area contributed by atoms with Crippen LogP contribution < -0.4 is 23.2 Å². The summed E-state index contributed by atoms with van der Waals surface area (Å²) in [5.74, 6) is 9.57. The topological polar surface area (TPSA) is 163 Å². The zero-order valence-electron chi connectivity index (χ0n) is 15.9. The molecule has 0 saturated carbocycles. The molecule has 3 rings (SSSR count). The molecule has 0 aliphatic rings. The van der Waals surface area contributed by atoms with E-state index in [4.69, 9.17) is 23.2 Å². The Morgan fingerprint density at radius 3 is 1.80 bits per heavy atom. The highest BCUT2D eigenvalue weighted by atomic mass is 16.1. The fourth-order valence-electron chi connectivity index (χ4n) is 3.06. The van der Waals surface area contributed by atoms with E-state index in [1.165, 1.54) is 24.6 Å². The molecule has 0 unspecified atom stereocenters. The summed E-state index contributed by atoms with van der Waals surface area (Å²) in [7, 11) is 0. The Balaban J connectivity index is 2.13.